The Morgan fingerprint density at radius 1 is 1.44 bits per heavy atom. The molecule has 3 heteroatoms. The third-order valence-corrected chi connectivity index (χ3v) is 2.88. The summed E-state index contributed by atoms with van der Waals surface area (Å²) in [5.41, 5.74) is 8.05. The van der Waals surface area contributed by atoms with Gasteiger partial charge in [-0.2, -0.15) is 0 Å². The first kappa shape index (κ1) is 10.9. The molecule has 0 spiro atoms. The van der Waals surface area contributed by atoms with Gasteiger partial charge < -0.3 is 10.7 Å². The summed E-state index contributed by atoms with van der Waals surface area (Å²) in [6.45, 7) is 1.84. The number of nitrogens with one attached hydrogen (secondary N) is 1. The number of ketones is 1. The molecule has 0 unspecified atom stereocenters. The molecule has 0 aliphatic heterocycles. The first-order valence-electron chi connectivity index (χ1n) is 5.55. The standard InChI is InChI=1S/C13H16N2O/c1-2-13(16)11(14)7-9-8-15-12-6-4-3-5-10(9)12/h3-6,8,11,15H,2,7,14H2,1H3/t11-/m1/s1. The number of benzene rings is 1. The van der Waals surface area contributed by atoms with Crippen molar-refractivity contribution < 1.29 is 4.79 Å². The third-order valence-electron chi connectivity index (χ3n) is 2.88. The number of carbonyl (C=O) groups is 1. The van der Waals surface area contributed by atoms with Gasteiger partial charge in [-0.1, -0.05) is 25.1 Å². The zero-order chi connectivity index (χ0) is 11.5. The molecule has 1 aromatic carbocycles. The Balaban J connectivity index is 2.24. The smallest absolute Gasteiger partial charge is 0.149 e. The van der Waals surface area contributed by atoms with Crippen LogP contribution in [0.5, 0.6) is 0 Å². The van der Waals surface area contributed by atoms with Crippen LogP contribution in [0.1, 0.15) is 18.9 Å². The highest BCUT2D eigenvalue weighted by molar-refractivity contribution is 5.86. The van der Waals surface area contributed by atoms with Crippen LogP contribution in [0.15, 0.2) is 30.5 Å². The van der Waals surface area contributed by atoms with E-state index in [0.717, 1.165) is 16.5 Å². The number of rotatable bonds is 4. The Hall–Kier alpha value is -1.61. The summed E-state index contributed by atoms with van der Waals surface area (Å²) in [5, 5.41) is 1.15. The zero-order valence-electron chi connectivity index (χ0n) is 9.36. The predicted molar refractivity (Wildman–Crippen MR) is 65.3 cm³/mol. The second-order valence-electron chi connectivity index (χ2n) is 3.99. The van der Waals surface area contributed by atoms with E-state index < -0.39 is 0 Å². The van der Waals surface area contributed by atoms with Gasteiger partial charge in [0.15, 0.2) is 0 Å². The molecule has 84 valence electrons. The van der Waals surface area contributed by atoms with Crippen molar-refractivity contribution in [1.29, 1.82) is 0 Å². The van der Waals surface area contributed by atoms with Crippen LogP contribution in [0.3, 0.4) is 0 Å². The highest BCUT2D eigenvalue weighted by Crippen LogP contribution is 2.18. The van der Waals surface area contributed by atoms with Gasteiger partial charge in [0, 0.05) is 23.5 Å². The molecule has 0 aliphatic carbocycles. The maximum Gasteiger partial charge on any atom is 0.149 e. The van der Waals surface area contributed by atoms with E-state index in [1.165, 1.54) is 0 Å². The van der Waals surface area contributed by atoms with Crippen LogP contribution < -0.4 is 5.73 Å². The fourth-order valence-electron chi connectivity index (χ4n) is 1.91. The van der Waals surface area contributed by atoms with E-state index in [2.05, 4.69) is 4.98 Å². The minimum absolute atomic E-state index is 0.116. The van der Waals surface area contributed by atoms with E-state index in [-0.39, 0.29) is 11.8 Å². The molecule has 3 nitrogen and oxygen atoms in total. The number of hydrogen-bond acceptors (Lipinski definition) is 2. The number of para-hydroxylation sites is 1. The molecule has 3 N–H and O–H groups in total. The van der Waals surface area contributed by atoms with Gasteiger partial charge >= 0.3 is 0 Å². The highest BCUT2D eigenvalue weighted by Gasteiger charge is 2.13. The molecule has 1 aromatic heterocycles. The lowest BCUT2D eigenvalue weighted by atomic mass is 10.0. The summed E-state index contributed by atoms with van der Waals surface area (Å²) in [5.74, 6) is 0.116. The Morgan fingerprint density at radius 2 is 2.19 bits per heavy atom. The number of H-pyrrole nitrogens is 1. The largest absolute Gasteiger partial charge is 0.361 e. The van der Waals surface area contributed by atoms with Gasteiger partial charge in [0.2, 0.25) is 0 Å². The van der Waals surface area contributed by atoms with Gasteiger partial charge in [-0.05, 0) is 18.1 Å². The third kappa shape index (κ3) is 1.99. The average Bonchev–Trinajstić information content (AvgIpc) is 2.72. The average molecular weight is 216 g/mol. The van der Waals surface area contributed by atoms with Crippen molar-refractivity contribution in [2.24, 2.45) is 5.73 Å². The Morgan fingerprint density at radius 3 is 2.94 bits per heavy atom. The number of carbonyl (C=O) groups excluding carboxylic acids is 1. The monoisotopic (exact) mass is 216 g/mol. The molecule has 0 bridgehead atoms. The van der Waals surface area contributed by atoms with Gasteiger partial charge in [-0.15, -0.1) is 0 Å². The Labute approximate surface area is 94.6 Å². The maximum absolute atomic E-state index is 11.4. The van der Waals surface area contributed by atoms with Crippen LogP contribution >= 0.6 is 0 Å². The summed E-state index contributed by atoms with van der Waals surface area (Å²) in [7, 11) is 0. The first-order chi connectivity index (χ1) is 7.72. The normalized spacial score (nSPS) is 12.9. The van der Waals surface area contributed by atoms with Crippen LogP contribution in [0, 0.1) is 0 Å². The lowest BCUT2D eigenvalue weighted by Gasteiger charge is -2.07. The van der Waals surface area contributed by atoms with Gasteiger partial charge in [0.25, 0.3) is 0 Å². The predicted octanol–water partition coefficient (Wildman–Crippen LogP) is 2.02. The Kier molecular flexibility index (Phi) is 3.06. The molecular formula is C13H16N2O. The molecule has 2 aromatic rings. The van der Waals surface area contributed by atoms with Crippen molar-refractivity contribution in [3.8, 4) is 0 Å². The Bertz CT molecular complexity index is 501. The van der Waals surface area contributed by atoms with Gasteiger partial charge in [-0.3, -0.25) is 4.79 Å². The summed E-state index contributed by atoms with van der Waals surface area (Å²) >= 11 is 0. The molecule has 16 heavy (non-hydrogen) atoms. The van der Waals surface area contributed by atoms with Crippen LogP contribution in [0.25, 0.3) is 10.9 Å². The lowest BCUT2D eigenvalue weighted by Crippen LogP contribution is -2.31. The molecule has 0 radical (unpaired) electrons. The van der Waals surface area contributed by atoms with Gasteiger partial charge in [0.05, 0.1) is 6.04 Å². The van der Waals surface area contributed by atoms with E-state index >= 15 is 0 Å². The second kappa shape index (κ2) is 4.49. The summed E-state index contributed by atoms with van der Waals surface area (Å²) < 4.78 is 0. The summed E-state index contributed by atoms with van der Waals surface area (Å²) in [4.78, 5) is 14.6. The number of aromatic amines is 1. The van der Waals surface area contributed by atoms with E-state index in [9.17, 15) is 4.79 Å². The zero-order valence-corrected chi connectivity index (χ0v) is 9.36. The quantitative estimate of drug-likeness (QED) is 0.821. The molecule has 0 saturated carbocycles. The van der Waals surface area contributed by atoms with E-state index in [4.69, 9.17) is 5.73 Å². The number of nitrogens with two attached hydrogens (primary N) is 1. The molecule has 2 rings (SSSR count). The molecule has 1 heterocycles. The van der Waals surface area contributed by atoms with Gasteiger partial charge in [0.1, 0.15) is 5.78 Å². The lowest BCUT2D eigenvalue weighted by molar-refractivity contribution is -0.119. The molecule has 0 saturated heterocycles. The van der Waals surface area contributed by atoms with E-state index in [0.29, 0.717) is 12.8 Å². The first-order valence-corrected chi connectivity index (χ1v) is 5.55. The fraction of sp³-hybridized carbons (Fsp3) is 0.308. The maximum atomic E-state index is 11.4. The minimum Gasteiger partial charge on any atom is -0.361 e. The van der Waals surface area contributed by atoms with Crippen LogP contribution in [0.2, 0.25) is 0 Å². The molecule has 1 atom stereocenters. The van der Waals surface area contributed by atoms with E-state index in [1.807, 2.05) is 37.4 Å². The van der Waals surface area contributed by atoms with Crippen molar-refractivity contribution in [2.45, 2.75) is 25.8 Å². The minimum atomic E-state index is -0.385. The second-order valence-corrected chi connectivity index (χ2v) is 3.99. The van der Waals surface area contributed by atoms with Crippen LogP contribution in [-0.4, -0.2) is 16.8 Å². The summed E-state index contributed by atoms with van der Waals surface area (Å²) in [6, 6.07) is 7.66. The van der Waals surface area contributed by atoms with Crippen molar-refractivity contribution in [2.75, 3.05) is 0 Å². The topological polar surface area (TPSA) is 58.9 Å². The van der Waals surface area contributed by atoms with E-state index in [1.54, 1.807) is 0 Å². The summed E-state index contributed by atoms with van der Waals surface area (Å²) in [6.07, 6.45) is 3.05. The number of fused-ring (bicyclic) bond motifs is 1. The SMILES string of the molecule is CCC(=O)[C@H](N)Cc1c[nH]c2ccccc12. The highest BCUT2D eigenvalue weighted by atomic mass is 16.1. The van der Waals surface area contributed by atoms with Crippen LogP contribution in [0.4, 0.5) is 0 Å². The number of aromatic nitrogens is 1. The van der Waals surface area contributed by atoms with Crippen LogP contribution in [-0.2, 0) is 11.2 Å². The van der Waals surface area contributed by atoms with Crippen molar-refractivity contribution in [1.82, 2.24) is 4.98 Å². The molecular weight excluding hydrogens is 200 g/mol. The number of Topliss-reactive ketones (excluding diaryl/α,β-unsaturated/α-hetero) is 1. The van der Waals surface area contributed by atoms with Crippen molar-refractivity contribution in [3.05, 3.63) is 36.0 Å². The molecule has 0 amide bonds. The number of hydrogen-bond donors (Lipinski definition) is 2. The van der Waals surface area contributed by atoms with Crippen molar-refractivity contribution >= 4 is 16.7 Å². The van der Waals surface area contributed by atoms with Crippen molar-refractivity contribution in [3.63, 3.8) is 0 Å². The van der Waals surface area contributed by atoms with Gasteiger partial charge in [-0.25, -0.2) is 0 Å². The molecule has 0 fully saturated rings. The fourth-order valence-corrected chi connectivity index (χ4v) is 1.91. The molecule has 0 aliphatic rings.